The number of benzene rings is 2. The minimum Gasteiger partial charge on any atom is -0.339 e. The summed E-state index contributed by atoms with van der Waals surface area (Å²) in [7, 11) is 0. The lowest BCUT2D eigenvalue weighted by atomic mass is 9.71. The highest BCUT2D eigenvalue weighted by Gasteiger charge is 2.46. The van der Waals surface area contributed by atoms with Gasteiger partial charge in [-0.15, -0.1) is 0 Å². The fourth-order valence-electron chi connectivity index (χ4n) is 4.66. The molecule has 5 heteroatoms. The van der Waals surface area contributed by atoms with E-state index in [0.717, 1.165) is 16.7 Å². The monoisotopic (exact) mass is 392 g/mol. The minimum absolute atomic E-state index is 0.0734. The van der Waals surface area contributed by atoms with Gasteiger partial charge in [0, 0.05) is 26.2 Å². The first-order chi connectivity index (χ1) is 14.0. The van der Waals surface area contributed by atoms with Crippen LogP contribution in [0.15, 0.2) is 61.2 Å². The number of nitrogens with zero attached hydrogens (tertiary/aromatic N) is 2. The highest BCUT2D eigenvalue weighted by atomic mass is 19.1. The van der Waals surface area contributed by atoms with E-state index in [4.69, 9.17) is 0 Å². The van der Waals surface area contributed by atoms with Crippen LogP contribution in [0.4, 0.5) is 4.39 Å². The molecule has 0 saturated carbocycles. The van der Waals surface area contributed by atoms with Crippen LogP contribution in [-0.2, 0) is 28.0 Å². The smallest absolute Gasteiger partial charge is 0.245 e. The van der Waals surface area contributed by atoms with Crippen molar-refractivity contribution in [2.24, 2.45) is 0 Å². The largest absolute Gasteiger partial charge is 0.339 e. The van der Waals surface area contributed by atoms with E-state index in [1.165, 1.54) is 12.1 Å². The highest BCUT2D eigenvalue weighted by Crippen LogP contribution is 2.39. The molecule has 0 radical (unpaired) electrons. The molecule has 1 fully saturated rings. The molecule has 2 aromatic carbocycles. The summed E-state index contributed by atoms with van der Waals surface area (Å²) in [6, 6.07) is 14.9. The Morgan fingerprint density at radius 2 is 1.69 bits per heavy atom. The van der Waals surface area contributed by atoms with Crippen molar-refractivity contribution in [1.82, 2.24) is 9.80 Å². The summed E-state index contributed by atoms with van der Waals surface area (Å²) in [6.07, 6.45) is 3.00. The van der Waals surface area contributed by atoms with Gasteiger partial charge in [0.25, 0.3) is 0 Å². The summed E-state index contributed by atoms with van der Waals surface area (Å²) in [6.45, 7) is 5.54. The third-order valence-corrected chi connectivity index (χ3v) is 6.34. The zero-order chi connectivity index (χ0) is 20.4. The van der Waals surface area contributed by atoms with Gasteiger partial charge in [-0.1, -0.05) is 49.0 Å². The van der Waals surface area contributed by atoms with Gasteiger partial charge in [0.2, 0.25) is 11.8 Å². The molecule has 0 unspecified atom stereocenters. The zero-order valence-corrected chi connectivity index (χ0v) is 16.4. The molecule has 150 valence electrons. The van der Waals surface area contributed by atoms with Gasteiger partial charge < -0.3 is 9.80 Å². The Balaban J connectivity index is 1.63. The topological polar surface area (TPSA) is 40.6 Å². The number of carbonyl (C=O) groups is 2. The number of piperidine rings is 1. The average Bonchev–Trinajstić information content (AvgIpc) is 2.78. The maximum atomic E-state index is 14.1. The molecule has 2 heterocycles. The Bertz CT molecular complexity index is 933. The third kappa shape index (κ3) is 3.46. The molecular weight excluding hydrogens is 367 g/mol. The second-order valence-electron chi connectivity index (χ2n) is 7.83. The molecule has 0 N–H and O–H groups in total. The van der Waals surface area contributed by atoms with Crippen molar-refractivity contribution in [2.75, 3.05) is 19.6 Å². The lowest BCUT2D eigenvalue weighted by Crippen LogP contribution is -2.54. The van der Waals surface area contributed by atoms with Gasteiger partial charge in [0.1, 0.15) is 5.82 Å². The lowest BCUT2D eigenvalue weighted by molar-refractivity contribution is -0.142. The molecule has 2 aliphatic rings. The van der Waals surface area contributed by atoms with Crippen molar-refractivity contribution in [2.45, 2.75) is 31.2 Å². The van der Waals surface area contributed by atoms with E-state index in [1.807, 2.05) is 41.3 Å². The first-order valence-electron chi connectivity index (χ1n) is 10.1. The number of hydrogen-bond donors (Lipinski definition) is 0. The van der Waals surface area contributed by atoms with Crippen LogP contribution in [0.5, 0.6) is 0 Å². The molecule has 2 aromatic rings. The average molecular weight is 392 g/mol. The number of halogens is 1. The summed E-state index contributed by atoms with van der Waals surface area (Å²) in [5, 5.41) is 0. The quantitative estimate of drug-likeness (QED) is 0.751. The van der Waals surface area contributed by atoms with E-state index in [9.17, 15) is 14.0 Å². The van der Waals surface area contributed by atoms with Crippen molar-refractivity contribution >= 4 is 11.8 Å². The van der Waals surface area contributed by atoms with Crippen molar-refractivity contribution in [3.05, 3.63) is 83.7 Å². The maximum absolute atomic E-state index is 14.1. The Morgan fingerprint density at radius 1 is 0.966 bits per heavy atom. The van der Waals surface area contributed by atoms with Gasteiger partial charge in [-0.2, -0.15) is 0 Å². The minimum atomic E-state index is -0.663. The van der Waals surface area contributed by atoms with Crippen LogP contribution in [0.2, 0.25) is 0 Å². The van der Waals surface area contributed by atoms with E-state index < -0.39 is 5.41 Å². The van der Waals surface area contributed by atoms with E-state index in [0.29, 0.717) is 45.4 Å². The Hall–Kier alpha value is -2.95. The Kier molecular flexibility index (Phi) is 5.22. The van der Waals surface area contributed by atoms with Crippen molar-refractivity contribution < 1.29 is 14.0 Å². The molecule has 0 spiro atoms. The van der Waals surface area contributed by atoms with E-state index in [1.54, 1.807) is 11.0 Å². The Labute approximate surface area is 170 Å². The third-order valence-electron chi connectivity index (χ3n) is 6.34. The second-order valence-corrected chi connectivity index (χ2v) is 7.83. The van der Waals surface area contributed by atoms with Gasteiger partial charge >= 0.3 is 0 Å². The molecule has 2 amide bonds. The number of likely N-dealkylation sites (tertiary alicyclic amines) is 1. The molecule has 29 heavy (non-hydrogen) atoms. The Morgan fingerprint density at radius 3 is 2.38 bits per heavy atom. The molecule has 0 aromatic heterocycles. The molecule has 4 rings (SSSR count). The van der Waals surface area contributed by atoms with E-state index in [2.05, 4.69) is 6.58 Å². The molecular formula is C24H25FN2O2. The predicted molar refractivity (Wildman–Crippen MR) is 110 cm³/mol. The first kappa shape index (κ1) is 19.4. The first-order valence-corrected chi connectivity index (χ1v) is 10.1. The van der Waals surface area contributed by atoms with Crippen LogP contribution < -0.4 is 0 Å². The van der Waals surface area contributed by atoms with Gasteiger partial charge in [-0.25, -0.2) is 4.39 Å². The summed E-state index contributed by atoms with van der Waals surface area (Å²) >= 11 is 0. The molecule has 0 bridgehead atoms. The molecule has 4 nitrogen and oxygen atoms in total. The fraction of sp³-hybridized carbons (Fsp3) is 0.333. The SMILES string of the molecule is C=CC(=O)N1CCC(C(=O)N2CCc3c(F)cccc3C2)(c2ccccc2)CC1. The standard InChI is InChI=1S/C24H25FN2O2/c1-2-22(28)26-15-12-24(13-16-26,19-8-4-3-5-9-19)23(29)27-14-11-20-18(17-27)7-6-10-21(20)25/h2-10H,1,11-17H2. The van der Waals surface area contributed by atoms with Crippen LogP contribution in [0.25, 0.3) is 0 Å². The fourth-order valence-corrected chi connectivity index (χ4v) is 4.66. The van der Waals surface area contributed by atoms with Crippen molar-refractivity contribution in [1.29, 1.82) is 0 Å². The number of hydrogen-bond acceptors (Lipinski definition) is 2. The molecule has 2 aliphatic heterocycles. The van der Waals surface area contributed by atoms with Crippen molar-refractivity contribution in [3.63, 3.8) is 0 Å². The van der Waals surface area contributed by atoms with Crippen LogP contribution in [0.1, 0.15) is 29.5 Å². The maximum Gasteiger partial charge on any atom is 0.245 e. The highest BCUT2D eigenvalue weighted by molar-refractivity contribution is 5.90. The normalized spacial score (nSPS) is 18.1. The van der Waals surface area contributed by atoms with Gasteiger partial charge in [0.15, 0.2) is 0 Å². The van der Waals surface area contributed by atoms with Gasteiger partial charge in [-0.3, -0.25) is 9.59 Å². The lowest BCUT2D eigenvalue weighted by Gasteiger charge is -2.44. The number of rotatable bonds is 3. The van der Waals surface area contributed by atoms with Gasteiger partial charge in [0.05, 0.1) is 5.41 Å². The van der Waals surface area contributed by atoms with E-state index in [-0.39, 0.29) is 17.6 Å². The van der Waals surface area contributed by atoms with Crippen LogP contribution in [0.3, 0.4) is 0 Å². The molecule has 1 saturated heterocycles. The summed E-state index contributed by atoms with van der Waals surface area (Å²) in [5.74, 6) is -0.214. The zero-order valence-electron chi connectivity index (χ0n) is 16.4. The predicted octanol–water partition coefficient (Wildman–Crippen LogP) is 3.46. The number of carbonyl (C=O) groups excluding carboxylic acids is 2. The summed E-state index contributed by atoms with van der Waals surface area (Å²) in [4.78, 5) is 29.5. The molecule has 0 atom stereocenters. The van der Waals surface area contributed by atoms with Crippen molar-refractivity contribution in [3.8, 4) is 0 Å². The summed E-state index contributed by atoms with van der Waals surface area (Å²) in [5.41, 5.74) is 1.92. The number of fused-ring (bicyclic) bond motifs is 1. The summed E-state index contributed by atoms with van der Waals surface area (Å²) < 4.78 is 14.1. The van der Waals surface area contributed by atoms with Crippen LogP contribution >= 0.6 is 0 Å². The second kappa shape index (κ2) is 7.82. The number of amides is 2. The van der Waals surface area contributed by atoms with Crippen LogP contribution in [-0.4, -0.2) is 41.2 Å². The van der Waals surface area contributed by atoms with Gasteiger partial charge in [-0.05, 0) is 48.1 Å². The van der Waals surface area contributed by atoms with Crippen LogP contribution in [0, 0.1) is 5.82 Å². The molecule has 0 aliphatic carbocycles. The van der Waals surface area contributed by atoms with E-state index >= 15 is 0 Å².